The van der Waals surface area contributed by atoms with Gasteiger partial charge in [-0.15, -0.1) is 0 Å². The normalized spacial score (nSPS) is 12.3. The molecule has 2 nitrogen and oxygen atoms in total. The Labute approximate surface area is 107 Å². The van der Waals surface area contributed by atoms with Crippen molar-refractivity contribution in [3.8, 4) is 0 Å². The minimum atomic E-state index is -4.39. The maximum atomic E-state index is 12.7. The van der Waals surface area contributed by atoms with E-state index in [-0.39, 0.29) is 5.02 Å². The van der Waals surface area contributed by atoms with Gasteiger partial charge in [0.25, 0.3) is 0 Å². The zero-order chi connectivity index (χ0) is 13.3. The highest BCUT2D eigenvalue weighted by atomic mass is 35.5. The Kier molecular flexibility index (Phi) is 3.54. The van der Waals surface area contributed by atoms with Crippen molar-refractivity contribution in [1.29, 1.82) is 0 Å². The Bertz CT molecular complexity index is 560. The van der Waals surface area contributed by atoms with Crippen molar-refractivity contribution >= 4 is 22.5 Å². The van der Waals surface area contributed by atoms with Crippen LogP contribution in [-0.2, 0) is 12.6 Å². The molecule has 0 unspecified atom stereocenters. The largest absolute Gasteiger partial charge is 0.416 e. The van der Waals surface area contributed by atoms with E-state index in [1.807, 2.05) is 0 Å². The first-order valence-corrected chi connectivity index (χ1v) is 5.88. The predicted molar refractivity (Wildman–Crippen MR) is 65.7 cm³/mol. The third-order valence-corrected chi connectivity index (χ3v) is 3.10. The Morgan fingerprint density at radius 3 is 2.61 bits per heavy atom. The number of benzene rings is 1. The molecular weight excluding hydrogens is 265 g/mol. The number of aromatic nitrogens is 1. The molecule has 1 heterocycles. The smallest absolute Gasteiger partial charge is 0.360 e. The van der Waals surface area contributed by atoms with Crippen LogP contribution in [0.2, 0.25) is 5.02 Å². The second-order valence-corrected chi connectivity index (χ2v) is 4.49. The van der Waals surface area contributed by atoms with Gasteiger partial charge in [0.2, 0.25) is 0 Å². The van der Waals surface area contributed by atoms with E-state index in [9.17, 15) is 13.2 Å². The second kappa shape index (κ2) is 4.82. The second-order valence-electron chi connectivity index (χ2n) is 4.08. The summed E-state index contributed by atoms with van der Waals surface area (Å²) in [6, 6.07) is 2.07. The van der Waals surface area contributed by atoms with Gasteiger partial charge in [0.05, 0.1) is 16.1 Å². The number of hydrogen-bond donors (Lipinski definition) is 2. The highest BCUT2D eigenvalue weighted by Gasteiger charge is 2.31. The zero-order valence-electron chi connectivity index (χ0n) is 9.44. The average molecular weight is 277 g/mol. The van der Waals surface area contributed by atoms with E-state index in [0.29, 0.717) is 23.9 Å². The van der Waals surface area contributed by atoms with Gasteiger partial charge in [-0.25, -0.2) is 0 Å². The summed E-state index contributed by atoms with van der Waals surface area (Å²) in [6.07, 6.45) is -1.35. The van der Waals surface area contributed by atoms with Crippen LogP contribution in [0.4, 0.5) is 13.2 Å². The van der Waals surface area contributed by atoms with Crippen molar-refractivity contribution in [3.05, 3.63) is 34.5 Å². The van der Waals surface area contributed by atoms with E-state index in [0.717, 1.165) is 24.1 Å². The summed E-state index contributed by atoms with van der Waals surface area (Å²) in [5.41, 5.74) is 6.02. The first-order valence-electron chi connectivity index (χ1n) is 5.50. The third-order valence-electron chi connectivity index (χ3n) is 2.80. The summed E-state index contributed by atoms with van der Waals surface area (Å²) in [5.74, 6) is 0. The Morgan fingerprint density at radius 1 is 1.28 bits per heavy atom. The number of hydrogen-bond acceptors (Lipinski definition) is 1. The molecule has 3 N–H and O–H groups in total. The molecule has 98 valence electrons. The van der Waals surface area contributed by atoms with E-state index < -0.39 is 11.7 Å². The summed E-state index contributed by atoms with van der Waals surface area (Å²) < 4.78 is 38.1. The fraction of sp³-hybridized carbons (Fsp3) is 0.333. The van der Waals surface area contributed by atoms with Crippen LogP contribution in [0.3, 0.4) is 0 Å². The first kappa shape index (κ1) is 13.2. The fourth-order valence-electron chi connectivity index (χ4n) is 1.91. The van der Waals surface area contributed by atoms with Crippen LogP contribution in [0.15, 0.2) is 18.3 Å². The van der Waals surface area contributed by atoms with Gasteiger partial charge in [-0.3, -0.25) is 0 Å². The molecule has 2 rings (SSSR count). The molecule has 0 spiro atoms. The third kappa shape index (κ3) is 2.47. The number of fused-ring (bicyclic) bond motifs is 1. The summed E-state index contributed by atoms with van der Waals surface area (Å²) >= 11 is 5.86. The Balaban J connectivity index is 2.54. The van der Waals surface area contributed by atoms with E-state index in [2.05, 4.69) is 4.98 Å². The molecular formula is C12H12ClF3N2. The lowest BCUT2D eigenvalue weighted by Gasteiger charge is -2.08. The molecule has 0 aliphatic carbocycles. The van der Waals surface area contributed by atoms with Crippen molar-refractivity contribution in [3.63, 3.8) is 0 Å². The van der Waals surface area contributed by atoms with Crippen molar-refractivity contribution in [2.24, 2.45) is 5.73 Å². The first-order chi connectivity index (χ1) is 8.43. The van der Waals surface area contributed by atoms with Gasteiger partial charge in [0.1, 0.15) is 0 Å². The molecule has 0 saturated carbocycles. The molecule has 0 saturated heterocycles. The van der Waals surface area contributed by atoms with Crippen LogP contribution in [-0.4, -0.2) is 11.5 Å². The number of nitrogens with one attached hydrogen (secondary N) is 1. The van der Waals surface area contributed by atoms with Crippen LogP contribution in [0.1, 0.15) is 17.5 Å². The number of halogens is 4. The van der Waals surface area contributed by atoms with Gasteiger partial charge in [-0.05, 0) is 37.1 Å². The fourth-order valence-corrected chi connectivity index (χ4v) is 2.18. The summed E-state index contributed by atoms with van der Waals surface area (Å²) in [4.78, 5) is 2.90. The minimum absolute atomic E-state index is 0.0822. The monoisotopic (exact) mass is 276 g/mol. The molecule has 0 fully saturated rings. The van der Waals surface area contributed by atoms with Gasteiger partial charge in [-0.1, -0.05) is 11.6 Å². The zero-order valence-corrected chi connectivity index (χ0v) is 10.2. The van der Waals surface area contributed by atoms with Gasteiger partial charge >= 0.3 is 6.18 Å². The number of aromatic amines is 1. The summed E-state index contributed by atoms with van der Waals surface area (Å²) in [6.45, 7) is 0.499. The van der Waals surface area contributed by atoms with E-state index in [1.54, 1.807) is 6.20 Å². The molecule has 1 aromatic heterocycles. The van der Waals surface area contributed by atoms with Crippen LogP contribution < -0.4 is 5.73 Å². The number of aryl methyl sites for hydroxylation is 1. The van der Waals surface area contributed by atoms with Crippen LogP contribution >= 0.6 is 11.6 Å². The van der Waals surface area contributed by atoms with Gasteiger partial charge in [0.15, 0.2) is 0 Å². The van der Waals surface area contributed by atoms with Crippen LogP contribution in [0.5, 0.6) is 0 Å². The minimum Gasteiger partial charge on any atom is -0.360 e. The number of nitrogens with two attached hydrogens (primary N) is 1. The number of alkyl halides is 3. The highest BCUT2D eigenvalue weighted by molar-refractivity contribution is 6.35. The molecule has 0 amide bonds. The lowest BCUT2D eigenvalue weighted by atomic mass is 10.1. The van der Waals surface area contributed by atoms with Gasteiger partial charge in [-0.2, -0.15) is 13.2 Å². The van der Waals surface area contributed by atoms with Gasteiger partial charge in [0, 0.05) is 11.6 Å². The number of rotatable bonds is 3. The highest BCUT2D eigenvalue weighted by Crippen LogP contribution is 2.36. The average Bonchev–Trinajstić information content (AvgIpc) is 2.69. The van der Waals surface area contributed by atoms with E-state index in [1.165, 1.54) is 0 Å². The lowest BCUT2D eigenvalue weighted by molar-refractivity contribution is -0.137. The number of H-pyrrole nitrogens is 1. The molecule has 0 atom stereocenters. The standard InChI is InChI=1S/C12H12ClF3N2/c13-10-5-8(12(14,15)16)4-9-7(2-1-3-17)6-18-11(9)10/h4-6,18H,1-3,17H2. The van der Waals surface area contributed by atoms with Crippen molar-refractivity contribution in [2.45, 2.75) is 19.0 Å². The van der Waals surface area contributed by atoms with Crippen molar-refractivity contribution in [1.82, 2.24) is 4.98 Å². The lowest BCUT2D eigenvalue weighted by Crippen LogP contribution is -2.05. The molecule has 1 aromatic carbocycles. The predicted octanol–water partition coefficient (Wildman–Crippen LogP) is 3.73. The Morgan fingerprint density at radius 2 is 2.00 bits per heavy atom. The molecule has 0 bridgehead atoms. The molecule has 0 aliphatic rings. The molecule has 18 heavy (non-hydrogen) atoms. The molecule has 6 heteroatoms. The van der Waals surface area contributed by atoms with Crippen molar-refractivity contribution in [2.75, 3.05) is 6.54 Å². The van der Waals surface area contributed by atoms with Crippen molar-refractivity contribution < 1.29 is 13.2 Å². The molecule has 2 aromatic rings. The van der Waals surface area contributed by atoms with Gasteiger partial charge < -0.3 is 10.7 Å². The summed E-state index contributed by atoms with van der Waals surface area (Å²) in [5, 5.41) is 0.599. The quantitative estimate of drug-likeness (QED) is 0.881. The van der Waals surface area contributed by atoms with E-state index >= 15 is 0 Å². The maximum Gasteiger partial charge on any atom is 0.416 e. The molecule has 0 aliphatic heterocycles. The topological polar surface area (TPSA) is 41.8 Å². The maximum absolute atomic E-state index is 12.7. The summed E-state index contributed by atoms with van der Waals surface area (Å²) in [7, 11) is 0. The van der Waals surface area contributed by atoms with Crippen LogP contribution in [0.25, 0.3) is 10.9 Å². The Hall–Kier alpha value is -1.20. The SMILES string of the molecule is NCCCc1c[nH]c2c(Cl)cc(C(F)(F)F)cc12. The van der Waals surface area contributed by atoms with Crippen LogP contribution in [0, 0.1) is 0 Å². The molecule has 0 radical (unpaired) electrons. The van der Waals surface area contributed by atoms with E-state index in [4.69, 9.17) is 17.3 Å².